The third kappa shape index (κ3) is 4.38. The molecule has 174 valence electrons. The zero-order valence-corrected chi connectivity index (χ0v) is 21.6. The van der Waals surface area contributed by atoms with Gasteiger partial charge < -0.3 is 4.74 Å². The Labute approximate surface area is 195 Å². The lowest BCUT2D eigenvalue weighted by Crippen LogP contribution is -2.16. The Morgan fingerprint density at radius 3 is 1.47 bits per heavy atom. The second-order valence-electron chi connectivity index (χ2n) is 10.1. The SMILES string of the molecule is Cc1c(C)c(C)c(Oc2c(C)c(C)c(C3CCC(C/C=C/F)CC3)c(C)c2C)c(C)c1C. The highest BCUT2D eigenvalue weighted by atomic mass is 19.1. The second kappa shape index (κ2) is 9.81. The van der Waals surface area contributed by atoms with E-state index in [1.54, 1.807) is 6.08 Å². The summed E-state index contributed by atoms with van der Waals surface area (Å²) in [5, 5.41) is 0. The minimum absolute atomic E-state index is 0.597. The molecule has 0 radical (unpaired) electrons. The highest BCUT2D eigenvalue weighted by molar-refractivity contribution is 5.59. The van der Waals surface area contributed by atoms with E-state index in [1.165, 1.54) is 81.3 Å². The summed E-state index contributed by atoms with van der Waals surface area (Å²) in [4.78, 5) is 0. The summed E-state index contributed by atoms with van der Waals surface area (Å²) in [5.74, 6) is 3.27. The molecule has 2 aromatic rings. The average Bonchev–Trinajstić information content (AvgIpc) is 2.79. The van der Waals surface area contributed by atoms with Gasteiger partial charge in [-0.1, -0.05) is 6.08 Å². The zero-order chi connectivity index (χ0) is 23.7. The maximum atomic E-state index is 12.4. The molecule has 2 aromatic carbocycles. The van der Waals surface area contributed by atoms with E-state index in [0.29, 0.717) is 18.2 Å². The third-order valence-electron chi connectivity index (χ3n) is 8.56. The monoisotopic (exact) mass is 436 g/mol. The number of halogens is 1. The minimum atomic E-state index is 0.597. The molecule has 0 atom stereocenters. The summed E-state index contributed by atoms with van der Waals surface area (Å²) >= 11 is 0. The number of allylic oxidation sites excluding steroid dienone is 1. The van der Waals surface area contributed by atoms with Crippen molar-refractivity contribution in [2.75, 3.05) is 0 Å². The van der Waals surface area contributed by atoms with Gasteiger partial charge in [-0.2, -0.15) is 0 Å². The van der Waals surface area contributed by atoms with Gasteiger partial charge in [-0.05, 0) is 162 Å². The van der Waals surface area contributed by atoms with Crippen LogP contribution in [-0.2, 0) is 0 Å². The van der Waals surface area contributed by atoms with Crippen LogP contribution in [0.15, 0.2) is 12.4 Å². The molecule has 0 aliphatic heterocycles. The molecule has 0 spiro atoms. The van der Waals surface area contributed by atoms with Gasteiger partial charge in [0.25, 0.3) is 0 Å². The molecule has 1 aliphatic rings. The molecule has 1 saturated carbocycles. The molecular weight excluding hydrogens is 395 g/mol. The van der Waals surface area contributed by atoms with E-state index in [1.807, 2.05) is 0 Å². The van der Waals surface area contributed by atoms with Gasteiger partial charge in [0, 0.05) is 0 Å². The minimum Gasteiger partial charge on any atom is -0.456 e. The molecule has 0 saturated heterocycles. The molecule has 0 N–H and O–H groups in total. The first-order chi connectivity index (χ1) is 15.1. The number of benzene rings is 2. The van der Waals surface area contributed by atoms with Gasteiger partial charge in [0.15, 0.2) is 0 Å². The van der Waals surface area contributed by atoms with Crippen molar-refractivity contribution >= 4 is 0 Å². The molecule has 0 heterocycles. The predicted octanol–water partition coefficient (Wildman–Crippen LogP) is 9.40. The molecular formula is C30H41FO. The van der Waals surface area contributed by atoms with Gasteiger partial charge >= 0.3 is 0 Å². The lowest BCUT2D eigenvalue weighted by Gasteiger charge is -2.32. The summed E-state index contributed by atoms with van der Waals surface area (Å²) in [7, 11) is 0. The second-order valence-corrected chi connectivity index (χ2v) is 10.1. The number of hydrogen-bond donors (Lipinski definition) is 0. The van der Waals surface area contributed by atoms with Gasteiger partial charge in [0.1, 0.15) is 11.5 Å². The largest absolute Gasteiger partial charge is 0.456 e. The first kappa shape index (κ1) is 24.6. The summed E-state index contributed by atoms with van der Waals surface area (Å²) in [6, 6.07) is 0. The van der Waals surface area contributed by atoms with Gasteiger partial charge in [-0.15, -0.1) is 0 Å². The molecule has 1 nitrogen and oxygen atoms in total. The smallest absolute Gasteiger partial charge is 0.133 e. The standard InChI is InChI=1S/C30H41FO/c1-17-18(2)22(6)29(23(7)19(17)3)32-30-24(8)20(4)28(21(5)25(30)9)27-14-12-26(13-15-27)11-10-16-31/h10,16,26-27H,11-15H2,1-9H3/b16-10+. The van der Waals surface area contributed by atoms with E-state index in [2.05, 4.69) is 62.3 Å². The van der Waals surface area contributed by atoms with Crippen LogP contribution < -0.4 is 4.74 Å². The lowest BCUT2D eigenvalue weighted by atomic mass is 9.74. The Kier molecular flexibility index (Phi) is 7.53. The van der Waals surface area contributed by atoms with E-state index < -0.39 is 0 Å². The van der Waals surface area contributed by atoms with Gasteiger partial charge in [0.2, 0.25) is 0 Å². The van der Waals surface area contributed by atoms with Crippen molar-refractivity contribution in [3.05, 3.63) is 68.0 Å². The average molecular weight is 437 g/mol. The van der Waals surface area contributed by atoms with Crippen molar-refractivity contribution in [2.45, 2.75) is 100 Å². The Morgan fingerprint density at radius 2 is 1.03 bits per heavy atom. The van der Waals surface area contributed by atoms with Crippen LogP contribution in [0.2, 0.25) is 0 Å². The quantitative estimate of drug-likeness (QED) is 0.453. The van der Waals surface area contributed by atoms with E-state index in [-0.39, 0.29) is 0 Å². The first-order valence-electron chi connectivity index (χ1n) is 12.2. The van der Waals surface area contributed by atoms with Gasteiger partial charge in [-0.25, -0.2) is 4.39 Å². The van der Waals surface area contributed by atoms with Crippen molar-refractivity contribution < 1.29 is 9.13 Å². The third-order valence-corrected chi connectivity index (χ3v) is 8.56. The Hall–Kier alpha value is -2.09. The van der Waals surface area contributed by atoms with Crippen molar-refractivity contribution in [3.63, 3.8) is 0 Å². The highest BCUT2D eigenvalue weighted by Gasteiger charge is 2.27. The normalized spacial score (nSPS) is 19.1. The Morgan fingerprint density at radius 1 is 0.625 bits per heavy atom. The topological polar surface area (TPSA) is 9.23 Å². The molecule has 1 fully saturated rings. The van der Waals surface area contributed by atoms with Crippen LogP contribution in [0, 0.1) is 68.2 Å². The molecule has 2 heteroatoms. The summed E-state index contributed by atoms with van der Waals surface area (Å²) in [5.41, 5.74) is 13.3. The first-order valence-corrected chi connectivity index (χ1v) is 12.2. The van der Waals surface area contributed by atoms with Crippen molar-refractivity contribution in [1.29, 1.82) is 0 Å². The van der Waals surface area contributed by atoms with Crippen LogP contribution in [0.25, 0.3) is 0 Å². The molecule has 0 unspecified atom stereocenters. The maximum Gasteiger partial charge on any atom is 0.133 e. The van der Waals surface area contributed by atoms with E-state index in [0.717, 1.165) is 17.9 Å². The number of hydrogen-bond acceptors (Lipinski definition) is 1. The fourth-order valence-corrected chi connectivity index (χ4v) is 5.72. The van der Waals surface area contributed by atoms with Crippen molar-refractivity contribution in [1.82, 2.24) is 0 Å². The summed E-state index contributed by atoms with van der Waals surface area (Å²) in [6.45, 7) is 19.9. The lowest BCUT2D eigenvalue weighted by molar-refractivity contribution is 0.326. The maximum absolute atomic E-state index is 12.4. The van der Waals surface area contributed by atoms with Gasteiger partial charge in [0.05, 0.1) is 6.33 Å². The number of ether oxygens (including phenoxy) is 1. The molecule has 0 amide bonds. The Bertz CT molecular complexity index is 978. The van der Waals surface area contributed by atoms with Crippen molar-refractivity contribution in [3.8, 4) is 11.5 Å². The molecule has 0 bridgehead atoms. The van der Waals surface area contributed by atoms with Crippen LogP contribution in [0.3, 0.4) is 0 Å². The van der Waals surface area contributed by atoms with E-state index >= 15 is 0 Å². The van der Waals surface area contributed by atoms with Gasteiger partial charge in [-0.3, -0.25) is 0 Å². The predicted molar refractivity (Wildman–Crippen MR) is 135 cm³/mol. The molecule has 0 aromatic heterocycles. The summed E-state index contributed by atoms with van der Waals surface area (Å²) < 4.78 is 19.1. The molecule has 32 heavy (non-hydrogen) atoms. The molecule has 1 aliphatic carbocycles. The molecule has 3 rings (SSSR count). The van der Waals surface area contributed by atoms with Crippen LogP contribution in [0.1, 0.15) is 93.7 Å². The van der Waals surface area contributed by atoms with Crippen LogP contribution in [0.5, 0.6) is 11.5 Å². The Balaban J connectivity index is 1.97. The van der Waals surface area contributed by atoms with Crippen LogP contribution in [0.4, 0.5) is 4.39 Å². The van der Waals surface area contributed by atoms with E-state index in [9.17, 15) is 4.39 Å². The number of rotatable bonds is 5. The highest BCUT2D eigenvalue weighted by Crippen LogP contribution is 2.45. The van der Waals surface area contributed by atoms with Crippen molar-refractivity contribution in [2.24, 2.45) is 5.92 Å². The fourth-order valence-electron chi connectivity index (χ4n) is 5.72. The van der Waals surface area contributed by atoms with Crippen LogP contribution in [-0.4, -0.2) is 0 Å². The van der Waals surface area contributed by atoms with E-state index in [4.69, 9.17) is 4.74 Å². The fraction of sp³-hybridized carbons (Fsp3) is 0.533. The van der Waals surface area contributed by atoms with Crippen LogP contribution >= 0.6 is 0 Å². The summed E-state index contributed by atoms with van der Waals surface area (Å²) in [6.07, 6.45) is 8.02. The zero-order valence-electron chi connectivity index (χ0n) is 21.6.